The third-order valence-electron chi connectivity index (χ3n) is 12.3. The van der Waals surface area contributed by atoms with E-state index in [4.69, 9.17) is 0 Å². The number of nitrogens with one attached hydrogen (secondary N) is 2. The topological polar surface area (TPSA) is 150 Å². The number of thioether (sulfide) groups is 6. The lowest BCUT2D eigenvalue weighted by Crippen LogP contribution is -2.42. The molecule has 0 rings (SSSR count). The van der Waals surface area contributed by atoms with Crippen LogP contribution in [0.4, 0.5) is 0 Å². The van der Waals surface area contributed by atoms with E-state index in [1.807, 2.05) is 142 Å². The molecule has 2 unspecified atom stereocenters. The smallest absolute Gasteiger partial charge is 0.221 e. The van der Waals surface area contributed by atoms with Crippen molar-refractivity contribution in [2.75, 3.05) is 105 Å². The fraction of sp³-hybridized carbons (Fsp3) is 0.936. The summed E-state index contributed by atoms with van der Waals surface area (Å²) in [6.07, 6.45) is 5.13. The van der Waals surface area contributed by atoms with E-state index in [-0.39, 0.29) is 50.3 Å². The van der Waals surface area contributed by atoms with Gasteiger partial charge in [0.15, 0.2) is 9.84 Å². The maximum atomic E-state index is 12.1. The molecular weight excluding hydrogens is 1330 g/mol. The summed E-state index contributed by atoms with van der Waals surface area (Å²) in [5, 5.41) is 6.79. The van der Waals surface area contributed by atoms with Gasteiger partial charge in [0, 0.05) is 107 Å². The Morgan fingerprint density at radius 2 is 0.719 bits per heavy atom. The summed E-state index contributed by atoms with van der Waals surface area (Å²) in [7, 11) is 5.34. The molecule has 0 aliphatic rings. The van der Waals surface area contributed by atoms with Gasteiger partial charge in [-0.3, -0.25) is 24.0 Å². The molecule has 18 heteroatoms. The predicted molar refractivity (Wildman–Crippen MR) is 446 cm³/mol. The monoisotopic (exact) mass is 1490 g/mol. The Kier molecular flexibility index (Phi) is 55.2. The van der Waals surface area contributed by atoms with E-state index in [0.29, 0.717) is 86.9 Å². The van der Waals surface area contributed by atoms with Crippen molar-refractivity contribution >= 4 is 110 Å². The van der Waals surface area contributed by atoms with Crippen LogP contribution in [-0.4, -0.2) is 178 Å². The van der Waals surface area contributed by atoms with Gasteiger partial charge in [0.25, 0.3) is 0 Å². The first-order chi connectivity index (χ1) is 42.3. The van der Waals surface area contributed by atoms with E-state index in [1.54, 1.807) is 32.5 Å². The summed E-state index contributed by atoms with van der Waals surface area (Å²) in [6, 6.07) is 0. The van der Waals surface area contributed by atoms with Gasteiger partial charge in [-0.05, 0) is 170 Å². The van der Waals surface area contributed by atoms with Crippen molar-refractivity contribution in [1.82, 2.24) is 20.4 Å². The second-order valence-electron chi connectivity index (χ2n) is 39.5. The molecule has 578 valence electrons. The third kappa shape index (κ3) is 86.3. The highest BCUT2D eigenvalue weighted by Crippen LogP contribution is 2.30. The van der Waals surface area contributed by atoms with Gasteiger partial charge in [-0.15, -0.1) is 0 Å². The quantitative estimate of drug-likeness (QED) is 0.0633. The zero-order valence-corrected chi connectivity index (χ0v) is 76.2. The summed E-state index contributed by atoms with van der Waals surface area (Å²) in [6.45, 7) is 75.6. The van der Waals surface area contributed by atoms with Crippen molar-refractivity contribution in [3.63, 3.8) is 0 Å². The summed E-state index contributed by atoms with van der Waals surface area (Å²) >= 11 is 11.2. The second-order valence-corrected chi connectivity index (χ2v) is 49.4. The van der Waals surface area contributed by atoms with Gasteiger partial charge in [-0.2, -0.15) is 70.6 Å². The molecule has 0 aromatic carbocycles. The molecule has 0 aliphatic heterocycles. The molecular formula is C78H162N4O7S7. The number of carbonyl (C=O) groups is 5. The van der Waals surface area contributed by atoms with Crippen LogP contribution in [0.3, 0.4) is 0 Å². The predicted octanol–water partition coefficient (Wildman–Crippen LogP) is 20.7. The van der Waals surface area contributed by atoms with Crippen LogP contribution >= 0.6 is 70.6 Å². The highest BCUT2D eigenvalue weighted by Gasteiger charge is 2.30. The van der Waals surface area contributed by atoms with Crippen LogP contribution in [-0.2, 0) is 33.8 Å². The Morgan fingerprint density at radius 3 is 1.03 bits per heavy atom. The normalized spacial score (nSPS) is 13.7. The molecule has 0 aromatic rings. The minimum Gasteiger partial charge on any atom is -0.351 e. The SMILES string of the molecule is CC(C)(C)CCC(=O)CCSCC(C)(C)C.CC(C)(C)CSCCC(=O)C(C)(C)C.CC(C)(C)CSCCC(=O)NC(C)(C)C.CC(C)(C)CSCCS(=O)(=O)C(C)(C)C.CC(C)CSC(CC(=O)NC(C)(C)C)CN(C)C.CN(C)CC(CC(=O)C(C)(C)C)SCC(C)(C)C. The van der Waals surface area contributed by atoms with E-state index in [1.165, 1.54) is 0 Å². The highest BCUT2D eigenvalue weighted by molar-refractivity contribution is 8.01. The molecule has 2 amide bonds. The van der Waals surface area contributed by atoms with Crippen molar-refractivity contribution in [3.05, 3.63) is 0 Å². The summed E-state index contributed by atoms with van der Waals surface area (Å²) < 4.78 is 22.9. The zero-order valence-electron chi connectivity index (χ0n) is 70.5. The Morgan fingerprint density at radius 1 is 0.385 bits per heavy atom. The third-order valence-corrected chi connectivity index (χ3v) is 24.9. The molecule has 11 nitrogen and oxygen atoms in total. The lowest BCUT2D eigenvalue weighted by molar-refractivity contribution is -0.126. The molecule has 0 aliphatic carbocycles. The first-order valence-electron chi connectivity index (χ1n) is 35.6. The molecule has 0 spiro atoms. The van der Waals surface area contributed by atoms with Crippen molar-refractivity contribution in [2.45, 2.75) is 314 Å². The van der Waals surface area contributed by atoms with Crippen LogP contribution in [0.2, 0.25) is 0 Å². The van der Waals surface area contributed by atoms with Gasteiger partial charge in [-0.1, -0.05) is 180 Å². The average molecular weight is 1490 g/mol. The van der Waals surface area contributed by atoms with Crippen molar-refractivity contribution < 1.29 is 32.4 Å². The number of nitrogens with zero attached hydrogens (tertiary/aromatic N) is 2. The van der Waals surface area contributed by atoms with Crippen LogP contribution in [0.15, 0.2) is 0 Å². The fourth-order valence-electron chi connectivity index (χ4n) is 7.05. The molecule has 0 heterocycles. The molecule has 0 radical (unpaired) electrons. The number of sulfone groups is 1. The van der Waals surface area contributed by atoms with E-state index in [2.05, 4.69) is 187 Å². The second kappa shape index (κ2) is 49.6. The van der Waals surface area contributed by atoms with Crippen molar-refractivity contribution in [1.29, 1.82) is 0 Å². The maximum absolute atomic E-state index is 12.1. The van der Waals surface area contributed by atoms with Gasteiger partial charge in [0.1, 0.15) is 17.3 Å². The molecule has 2 N–H and O–H groups in total. The van der Waals surface area contributed by atoms with Crippen molar-refractivity contribution in [2.24, 2.45) is 49.2 Å². The minimum absolute atomic E-state index is 0.105. The maximum Gasteiger partial charge on any atom is 0.221 e. The zero-order chi connectivity index (χ0) is 77.6. The van der Waals surface area contributed by atoms with E-state index in [0.717, 1.165) is 84.1 Å². The minimum atomic E-state index is -2.94. The van der Waals surface area contributed by atoms with E-state index < -0.39 is 14.6 Å². The lowest BCUT2D eigenvalue weighted by atomic mass is 9.88. The van der Waals surface area contributed by atoms with E-state index >= 15 is 0 Å². The highest BCUT2D eigenvalue weighted by atomic mass is 32.2. The van der Waals surface area contributed by atoms with Gasteiger partial charge in [0.2, 0.25) is 11.8 Å². The molecule has 96 heavy (non-hydrogen) atoms. The number of hydrogen-bond acceptors (Lipinski definition) is 15. The van der Waals surface area contributed by atoms with E-state index in [9.17, 15) is 32.4 Å². The molecule has 0 bridgehead atoms. The molecule has 0 saturated carbocycles. The van der Waals surface area contributed by atoms with Crippen LogP contribution in [0, 0.1) is 49.2 Å². The number of amides is 2. The number of ketones is 3. The van der Waals surface area contributed by atoms with Gasteiger partial charge in [0.05, 0.1) is 10.5 Å². The lowest BCUT2D eigenvalue weighted by Gasteiger charge is -2.27. The standard InChI is InChI=1S/C15H31NOS.C14H30N2OS.C14H28OS.C12H25NOS.C12H24OS.C11H24O2S2/c1-14(2,3)11-18-12(10-16(7)8)9-13(17)15(4,5)6;1-11(2)10-18-12(9-16(6)7)8-13(17)15-14(3,4)5;1-13(2,3)9-7-12(15)8-10-16-11-14(4,5)6;1-11(2,3)9-15-8-7-10(14)13-12(4,5)6;1-11(2,3)9-14-8-7-10(13)12(4,5)6;1-10(2,3)9-14-7-8-15(12,13)11(4,5)6/h12H,9-11H2,1-8H3;11-12H,8-10H2,1-7H3,(H,15,17);7-11H2,1-6H3;7-9H2,1-6H3,(H,13,14);7-9H2,1-6H3;7-9H2,1-6H3. The molecule has 0 aromatic heterocycles. The average Bonchev–Trinajstić information content (AvgIpc) is 0.853. The number of rotatable bonds is 31. The van der Waals surface area contributed by atoms with Crippen LogP contribution in [0.25, 0.3) is 0 Å². The van der Waals surface area contributed by atoms with Gasteiger partial charge in [-0.25, -0.2) is 8.42 Å². The van der Waals surface area contributed by atoms with Crippen molar-refractivity contribution in [3.8, 4) is 0 Å². The van der Waals surface area contributed by atoms with Crippen LogP contribution < -0.4 is 10.6 Å². The number of carbonyl (C=O) groups excluding carboxylic acids is 5. The van der Waals surface area contributed by atoms with Gasteiger partial charge >= 0.3 is 0 Å². The fourth-order valence-corrected chi connectivity index (χ4v) is 15.8. The Labute approximate surface area is 625 Å². The summed E-state index contributed by atoms with van der Waals surface area (Å²) in [5.74, 6) is 12.6. The molecule has 0 fully saturated rings. The largest absolute Gasteiger partial charge is 0.351 e. The Balaban J connectivity index is -0.000000254. The number of hydrogen-bond donors (Lipinski definition) is 2. The van der Waals surface area contributed by atoms with Crippen LogP contribution in [0.1, 0.15) is 287 Å². The Hall–Kier alpha value is -0.0800. The summed E-state index contributed by atoms with van der Waals surface area (Å²) in [5.41, 5.74) is 1.35. The van der Waals surface area contributed by atoms with Crippen LogP contribution in [0.5, 0.6) is 0 Å². The molecule has 2 atom stereocenters. The first-order valence-corrected chi connectivity index (χ1v) is 43.9. The Bertz CT molecular complexity index is 2180. The first kappa shape index (κ1) is 107. The summed E-state index contributed by atoms with van der Waals surface area (Å²) in [4.78, 5) is 63.1. The van der Waals surface area contributed by atoms with Gasteiger partial charge < -0.3 is 20.4 Å². The number of Topliss-reactive ketones (excluding diaryl/α,β-unsaturated/α-hetero) is 3. The molecule has 0 saturated heterocycles.